The summed E-state index contributed by atoms with van der Waals surface area (Å²) in [6.07, 6.45) is 0. The van der Waals surface area contributed by atoms with Crippen LogP contribution in [-0.2, 0) is 5.31 Å². The van der Waals surface area contributed by atoms with E-state index in [1.165, 1.54) is 22.2 Å². The van der Waals surface area contributed by atoms with E-state index < -0.39 is 0 Å². The van der Waals surface area contributed by atoms with Gasteiger partial charge < -0.3 is 0 Å². The van der Waals surface area contributed by atoms with E-state index in [2.05, 4.69) is 121 Å². The summed E-state index contributed by atoms with van der Waals surface area (Å²) in [6, 6.07) is 43.4. The summed E-state index contributed by atoms with van der Waals surface area (Å²) in [7, 11) is 0.922. The van der Waals surface area contributed by atoms with Crippen LogP contribution in [0.2, 0.25) is 0 Å². The molecule has 0 aliphatic carbocycles. The fourth-order valence-electron chi connectivity index (χ4n) is 3.88. The van der Waals surface area contributed by atoms with Crippen molar-refractivity contribution in [2.75, 3.05) is 0 Å². The average molecular weight is 333 g/mol. The number of benzene rings is 4. The fourth-order valence-corrected chi connectivity index (χ4v) is 3.88. The van der Waals surface area contributed by atoms with Crippen molar-refractivity contribution in [3.63, 3.8) is 0 Å². The molecule has 0 saturated heterocycles. The van der Waals surface area contributed by atoms with Crippen molar-refractivity contribution < 1.29 is 1.43 Å². The van der Waals surface area contributed by atoms with Gasteiger partial charge in [-0.15, -0.1) is 0 Å². The highest BCUT2D eigenvalue weighted by Crippen LogP contribution is 2.38. The van der Waals surface area contributed by atoms with Crippen molar-refractivity contribution in [3.05, 3.63) is 138 Å². The summed E-state index contributed by atoms with van der Waals surface area (Å²) in [6.45, 7) is 0. The van der Waals surface area contributed by atoms with Crippen molar-refractivity contribution in [2.45, 2.75) is 5.31 Å². The fraction of sp³-hybridized carbons (Fsp3) is 0.0400. The topological polar surface area (TPSA) is 0 Å². The van der Waals surface area contributed by atoms with Gasteiger partial charge in [0.2, 0.25) is 0 Å². The van der Waals surface area contributed by atoms with Gasteiger partial charge in [0.1, 0.15) is 0 Å². The van der Waals surface area contributed by atoms with Crippen LogP contribution in [0.5, 0.6) is 0 Å². The molecule has 4 aromatic rings. The highest BCUT2D eigenvalue weighted by atomic mass is 14.3. The van der Waals surface area contributed by atoms with Crippen LogP contribution in [0.4, 0.5) is 0 Å². The Balaban J connectivity index is 0.00000210. The van der Waals surface area contributed by atoms with E-state index in [9.17, 15) is 0 Å². The maximum absolute atomic E-state index is 2.25. The lowest BCUT2D eigenvalue weighted by molar-refractivity contribution is 0.869. The third-order valence-electron chi connectivity index (χ3n) is 5.11. The number of hydrogen-bond donors (Lipinski definition) is 0. The minimum atomic E-state index is -0.217. The standard InChI is InChI=1S/C25H21B/c1-5-13-21(14-6-1)25(22-15-7-2-8-16-22,23-17-9-3-10-18-23)26-24-19-11-4-12-20-24/h1-20,26H/p+1. The van der Waals surface area contributed by atoms with Gasteiger partial charge >= 0.3 is 1.43 Å². The van der Waals surface area contributed by atoms with Gasteiger partial charge in [0.15, 0.2) is 7.28 Å². The molecule has 4 aromatic carbocycles. The van der Waals surface area contributed by atoms with Crippen LogP contribution < -0.4 is 5.46 Å². The first kappa shape index (κ1) is 16.4. The van der Waals surface area contributed by atoms with Gasteiger partial charge in [0.05, 0.1) is 0 Å². The van der Waals surface area contributed by atoms with Gasteiger partial charge in [0, 0.05) is 5.31 Å². The second kappa shape index (κ2) is 7.45. The lowest BCUT2D eigenvalue weighted by Crippen LogP contribution is -2.42. The van der Waals surface area contributed by atoms with E-state index in [4.69, 9.17) is 0 Å². The molecule has 0 fully saturated rings. The third-order valence-corrected chi connectivity index (χ3v) is 5.11. The van der Waals surface area contributed by atoms with Crippen molar-refractivity contribution in [1.29, 1.82) is 0 Å². The molecular formula is C25H22B+. The number of hydrogen-bond acceptors (Lipinski definition) is 0. The molecular weight excluding hydrogens is 311 g/mol. The van der Waals surface area contributed by atoms with Gasteiger partial charge in [-0.25, -0.2) is 0 Å². The molecule has 0 unspecified atom stereocenters. The summed E-state index contributed by atoms with van der Waals surface area (Å²) in [5.74, 6) is 0. The summed E-state index contributed by atoms with van der Waals surface area (Å²) in [5.41, 5.74) is 5.30. The number of rotatable bonds is 5. The minimum Gasteiger partial charge on any atom is -0.0826 e. The smallest absolute Gasteiger partial charge is 0.0826 e. The van der Waals surface area contributed by atoms with Crippen LogP contribution in [0.15, 0.2) is 121 Å². The Kier molecular flexibility index (Phi) is 4.70. The molecule has 0 aromatic heterocycles. The third kappa shape index (κ3) is 3.09. The maximum Gasteiger partial charge on any atom is 1.00 e. The van der Waals surface area contributed by atoms with E-state index in [1.54, 1.807) is 0 Å². The Bertz CT molecular complexity index is 842. The molecule has 0 spiro atoms. The molecule has 0 saturated carbocycles. The second-order valence-electron chi connectivity index (χ2n) is 6.67. The SMILES string of the molecule is B(c1ccccc1)C(c1ccccc1)(c1ccccc1)c1ccccc1.[H+]. The van der Waals surface area contributed by atoms with Gasteiger partial charge in [-0.05, 0) is 16.7 Å². The average Bonchev–Trinajstić information content (AvgIpc) is 2.75. The maximum atomic E-state index is 2.25. The molecule has 0 N–H and O–H groups in total. The minimum absolute atomic E-state index is 0. The quantitative estimate of drug-likeness (QED) is 0.362. The predicted molar refractivity (Wildman–Crippen MR) is 114 cm³/mol. The Hall–Kier alpha value is -3.06. The van der Waals surface area contributed by atoms with Gasteiger partial charge in [-0.2, -0.15) is 0 Å². The summed E-state index contributed by atoms with van der Waals surface area (Å²) < 4.78 is 0. The second-order valence-corrected chi connectivity index (χ2v) is 6.67. The molecule has 0 bridgehead atoms. The van der Waals surface area contributed by atoms with E-state index in [1.807, 2.05) is 0 Å². The largest absolute Gasteiger partial charge is 1.00 e. The van der Waals surface area contributed by atoms with Gasteiger partial charge in [-0.3, -0.25) is 0 Å². The zero-order valence-electron chi connectivity index (χ0n) is 15.8. The van der Waals surface area contributed by atoms with Crippen molar-refractivity contribution in [1.82, 2.24) is 0 Å². The first-order valence-electron chi connectivity index (χ1n) is 9.10. The predicted octanol–water partition coefficient (Wildman–Crippen LogP) is 4.85. The molecule has 124 valence electrons. The van der Waals surface area contributed by atoms with Crippen LogP contribution in [0.3, 0.4) is 0 Å². The monoisotopic (exact) mass is 333 g/mol. The molecule has 26 heavy (non-hydrogen) atoms. The zero-order chi connectivity index (χ0) is 17.7. The normalized spacial score (nSPS) is 11.1. The van der Waals surface area contributed by atoms with Crippen molar-refractivity contribution >= 4 is 12.7 Å². The van der Waals surface area contributed by atoms with E-state index >= 15 is 0 Å². The molecule has 0 heterocycles. The molecule has 0 aliphatic rings. The Labute approximate surface area is 157 Å². The zero-order valence-corrected chi connectivity index (χ0v) is 14.8. The highest BCUT2D eigenvalue weighted by molar-refractivity contribution is 6.58. The van der Waals surface area contributed by atoms with Crippen LogP contribution in [0, 0.1) is 0 Å². The molecule has 1 heteroatoms. The van der Waals surface area contributed by atoms with Gasteiger partial charge in [-0.1, -0.05) is 127 Å². The Morgan fingerprint density at radius 3 is 1.08 bits per heavy atom. The van der Waals surface area contributed by atoms with E-state index in [-0.39, 0.29) is 6.74 Å². The highest BCUT2D eigenvalue weighted by Gasteiger charge is 2.37. The van der Waals surface area contributed by atoms with Crippen LogP contribution >= 0.6 is 0 Å². The van der Waals surface area contributed by atoms with Gasteiger partial charge in [0.25, 0.3) is 0 Å². The summed E-state index contributed by atoms with van der Waals surface area (Å²) in [4.78, 5) is 0. The lowest BCUT2D eigenvalue weighted by atomic mass is 9.41. The molecule has 4 rings (SSSR count). The lowest BCUT2D eigenvalue weighted by Gasteiger charge is -2.36. The summed E-state index contributed by atoms with van der Waals surface area (Å²) in [5, 5.41) is -0.217. The molecule has 0 atom stereocenters. The van der Waals surface area contributed by atoms with Crippen LogP contribution in [0.25, 0.3) is 0 Å². The van der Waals surface area contributed by atoms with E-state index in [0.717, 1.165) is 7.28 Å². The molecule has 0 amide bonds. The van der Waals surface area contributed by atoms with Crippen molar-refractivity contribution in [2.24, 2.45) is 0 Å². The van der Waals surface area contributed by atoms with Crippen LogP contribution in [0.1, 0.15) is 18.1 Å². The summed E-state index contributed by atoms with van der Waals surface area (Å²) >= 11 is 0. The molecule has 0 aliphatic heterocycles. The first-order valence-corrected chi connectivity index (χ1v) is 9.10. The van der Waals surface area contributed by atoms with Crippen LogP contribution in [-0.4, -0.2) is 7.28 Å². The Morgan fingerprint density at radius 2 is 0.731 bits per heavy atom. The molecule has 0 radical (unpaired) electrons. The van der Waals surface area contributed by atoms with E-state index in [0.29, 0.717) is 0 Å². The van der Waals surface area contributed by atoms with Crippen molar-refractivity contribution in [3.8, 4) is 0 Å². The first-order chi connectivity index (χ1) is 12.9. The molecule has 0 nitrogen and oxygen atoms in total. The Morgan fingerprint density at radius 1 is 0.423 bits per heavy atom.